The van der Waals surface area contributed by atoms with Crippen LogP contribution in [-0.2, 0) is 22.4 Å². The molecule has 148 valence electrons. The van der Waals surface area contributed by atoms with Crippen molar-refractivity contribution in [3.05, 3.63) is 70.4 Å². The van der Waals surface area contributed by atoms with Gasteiger partial charge in [-0.2, -0.15) is 0 Å². The summed E-state index contributed by atoms with van der Waals surface area (Å²) >= 11 is 5.95. The number of aromatic nitrogens is 1. The lowest BCUT2D eigenvalue weighted by molar-refractivity contribution is -0.123. The second-order valence-corrected chi connectivity index (χ2v) is 7.62. The predicted octanol–water partition coefficient (Wildman–Crippen LogP) is 4.95. The summed E-state index contributed by atoms with van der Waals surface area (Å²) in [5.41, 5.74) is 3.77. The summed E-state index contributed by atoms with van der Waals surface area (Å²) in [6, 6.07) is 14.4. The largest absolute Gasteiger partial charge is 0.449 e. The lowest BCUT2D eigenvalue weighted by atomic mass is 9.90. The monoisotopic (exact) mass is 408 g/mol. The zero-order valence-corrected chi connectivity index (χ0v) is 16.8. The van der Waals surface area contributed by atoms with Crippen molar-refractivity contribution in [3.63, 3.8) is 0 Å². The molecule has 1 amide bonds. The number of benzene rings is 2. The Balaban J connectivity index is 1.59. The number of carbonyl (C=O) groups is 2. The van der Waals surface area contributed by atoms with Crippen LogP contribution in [0.1, 0.15) is 41.4 Å². The van der Waals surface area contributed by atoms with Gasteiger partial charge in [-0.25, -0.2) is 4.79 Å². The Morgan fingerprint density at radius 2 is 1.90 bits per heavy atom. The highest BCUT2D eigenvalue weighted by molar-refractivity contribution is 6.30. The number of aryl methyl sites for hydroxylation is 1. The van der Waals surface area contributed by atoms with Gasteiger partial charge < -0.3 is 10.1 Å². The Kier molecular flexibility index (Phi) is 5.49. The van der Waals surface area contributed by atoms with E-state index in [-0.39, 0.29) is 0 Å². The second-order valence-electron chi connectivity index (χ2n) is 7.18. The Morgan fingerprint density at radius 1 is 1.10 bits per heavy atom. The highest BCUT2D eigenvalue weighted by Gasteiger charge is 2.26. The minimum atomic E-state index is -0.951. The molecular weight excluding hydrogens is 388 g/mol. The molecule has 1 heterocycles. The first-order valence-corrected chi connectivity index (χ1v) is 10.1. The van der Waals surface area contributed by atoms with E-state index in [4.69, 9.17) is 21.3 Å². The number of amides is 1. The van der Waals surface area contributed by atoms with E-state index in [0.29, 0.717) is 16.3 Å². The molecule has 0 aliphatic heterocycles. The van der Waals surface area contributed by atoms with Crippen molar-refractivity contribution in [2.45, 2.75) is 38.7 Å². The van der Waals surface area contributed by atoms with E-state index < -0.39 is 18.0 Å². The van der Waals surface area contributed by atoms with E-state index in [1.165, 1.54) is 0 Å². The van der Waals surface area contributed by atoms with Crippen molar-refractivity contribution in [1.29, 1.82) is 0 Å². The molecule has 6 heteroatoms. The van der Waals surface area contributed by atoms with Gasteiger partial charge >= 0.3 is 5.97 Å². The number of halogens is 1. The highest BCUT2D eigenvalue weighted by Crippen LogP contribution is 2.30. The Labute approximate surface area is 174 Å². The Bertz CT molecular complexity index is 1100. The molecule has 0 bridgehead atoms. The van der Waals surface area contributed by atoms with Crippen LogP contribution in [0.25, 0.3) is 10.9 Å². The molecule has 0 saturated carbocycles. The van der Waals surface area contributed by atoms with Gasteiger partial charge in [-0.15, -0.1) is 0 Å². The zero-order valence-electron chi connectivity index (χ0n) is 16.1. The van der Waals surface area contributed by atoms with Gasteiger partial charge in [0.25, 0.3) is 5.91 Å². The topological polar surface area (TPSA) is 68.3 Å². The zero-order chi connectivity index (χ0) is 20.4. The van der Waals surface area contributed by atoms with Crippen LogP contribution in [0, 0.1) is 0 Å². The van der Waals surface area contributed by atoms with Crippen LogP contribution in [0.2, 0.25) is 5.02 Å². The van der Waals surface area contributed by atoms with E-state index in [0.717, 1.165) is 47.8 Å². The maximum Gasteiger partial charge on any atom is 0.339 e. The standard InChI is InChI=1S/C23H21ClN2O3/c1-14(22(27)25-16-8-6-7-15(24)13-16)29-23(28)21-17-9-2-4-11-19(17)26-20-12-5-3-10-18(20)21/h2,4,6-9,11,13-14H,3,5,10,12H2,1H3,(H,25,27). The summed E-state index contributed by atoms with van der Waals surface area (Å²) in [5.74, 6) is -0.900. The molecule has 5 nitrogen and oxygen atoms in total. The van der Waals surface area contributed by atoms with Crippen molar-refractivity contribution in [2.75, 3.05) is 5.32 Å². The van der Waals surface area contributed by atoms with Crippen molar-refractivity contribution >= 4 is 40.1 Å². The fourth-order valence-corrected chi connectivity index (χ4v) is 3.88. The number of carbonyl (C=O) groups excluding carboxylic acids is 2. The molecule has 1 aromatic heterocycles. The average molecular weight is 409 g/mol. The van der Waals surface area contributed by atoms with Crippen LogP contribution in [0.5, 0.6) is 0 Å². The number of ether oxygens (including phenoxy) is 1. The molecular formula is C23H21ClN2O3. The van der Waals surface area contributed by atoms with Crippen LogP contribution in [0.3, 0.4) is 0 Å². The Hall–Kier alpha value is -2.92. The maximum absolute atomic E-state index is 13.1. The summed E-state index contributed by atoms with van der Waals surface area (Å²) < 4.78 is 5.56. The number of pyridine rings is 1. The fraction of sp³-hybridized carbons (Fsp3) is 0.261. The third kappa shape index (κ3) is 4.10. The third-order valence-corrected chi connectivity index (χ3v) is 5.35. The number of nitrogens with zero attached hydrogens (tertiary/aromatic N) is 1. The van der Waals surface area contributed by atoms with Crippen LogP contribution >= 0.6 is 11.6 Å². The van der Waals surface area contributed by atoms with Gasteiger partial charge in [0.1, 0.15) is 0 Å². The lowest BCUT2D eigenvalue weighted by Crippen LogP contribution is -2.30. The number of fused-ring (bicyclic) bond motifs is 2. The normalized spacial score (nSPS) is 14.1. The van der Waals surface area contributed by atoms with Crippen molar-refractivity contribution < 1.29 is 14.3 Å². The minimum Gasteiger partial charge on any atom is -0.449 e. The third-order valence-electron chi connectivity index (χ3n) is 5.12. The predicted molar refractivity (Wildman–Crippen MR) is 113 cm³/mol. The molecule has 1 atom stereocenters. The molecule has 1 aliphatic rings. The lowest BCUT2D eigenvalue weighted by Gasteiger charge is -2.21. The number of hydrogen-bond acceptors (Lipinski definition) is 4. The highest BCUT2D eigenvalue weighted by atomic mass is 35.5. The summed E-state index contributed by atoms with van der Waals surface area (Å²) in [6.07, 6.45) is 2.77. The molecule has 0 spiro atoms. The van der Waals surface area contributed by atoms with Gasteiger partial charge in [0.05, 0.1) is 11.1 Å². The van der Waals surface area contributed by atoms with E-state index in [1.807, 2.05) is 24.3 Å². The van der Waals surface area contributed by atoms with Crippen LogP contribution in [0.15, 0.2) is 48.5 Å². The second kappa shape index (κ2) is 8.21. The van der Waals surface area contributed by atoms with Gasteiger partial charge in [-0.1, -0.05) is 35.9 Å². The average Bonchev–Trinajstić information content (AvgIpc) is 2.71. The first-order chi connectivity index (χ1) is 14.0. The van der Waals surface area contributed by atoms with Gasteiger partial charge in [-0.05, 0) is 62.4 Å². The summed E-state index contributed by atoms with van der Waals surface area (Å²) in [5, 5.41) is 4.01. The molecule has 4 rings (SSSR count). The Morgan fingerprint density at radius 3 is 2.72 bits per heavy atom. The molecule has 0 radical (unpaired) electrons. The van der Waals surface area contributed by atoms with Crippen molar-refractivity contribution in [3.8, 4) is 0 Å². The summed E-state index contributed by atoms with van der Waals surface area (Å²) in [4.78, 5) is 30.3. The number of esters is 1. The molecule has 0 fully saturated rings. The molecule has 0 saturated heterocycles. The first-order valence-electron chi connectivity index (χ1n) is 9.71. The van der Waals surface area contributed by atoms with Gasteiger partial charge in [0.2, 0.25) is 0 Å². The van der Waals surface area contributed by atoms with Gasteiger partial charge in [0, 0.05) is 21.8 Å². The summed E-state index contributed by atoms with van der Waals surface area (Å²) in [6.45, 7) is 1.56. The number of anilines is 1. The summed E-state index contributed by atoms with van der Waals surface area (Å²) in [7, 11) is 0. The SMILES string of the molecule is CC(OC(=O)c1c2c(nc3ccccc13)CCCC2)C(=O)Nc1cccc(Cl)c1. The van der Waals surface area contributed by atoms with Crippen LogP contribution in [0.4, 0.5) is 5.69 Å². The fourth-order valence-electron chi connectivity index (χ4n) is 3.69. The minimum absolute atomic E-state index is 0.409. The van der Waals surface area contributed by atoms with Crippen LogP contribution in [-0.4, -0.2) is 23.0 Å². The van der Waals surface area contributed by atoms with Gasteiger partial charge in [-0.3, -0.25) is 9.78 Å². The number of nitrogens with one attached hydrogen (secondary N) is 1. The molecule has 1 aliphatic carbocycles. The van der Waals surface area contributed by atoms with Crippen molar-refractivity contribution in [1.82, 2.24) is 4.98 Å². The smallest absolute Gasteiger partial charge is 0.339 e. The number of rotatable bonds is 4. The molecule has 29 heavy (non-hydrogen) atoms. The number of hydrogen-bond donors (Lipinski definition) is 1. The van der Waals surface area contributed by atoms with E-state index >= 15 is 0 Å². The van der Waals surface area contributed by atoms with Crippen molar-refractivity contribution in [2.24, 2.45) is 0 Å². The van der Waals surface area contributed by atoms with Crippen LogP contribution < -0.4 is 5.32 Å². The molecule has 3 aromatic rings. The van der Waals surface area contributed by atoms with E-state index in [2.05, 4.69) is 5.32 Å². The van der Waals surface area contributed by atoms with E-state index in [1.54, 1.807) is 31.2 Å². The molecule has 2 aromatic carbocycles. The first kappa shape index (κ1) is 19.4. The van der Waals surface area contributed by atoms with Gasteiger partial charge in [0.15, 0.2) is 6.10 Å². The molecule has 1 N–H and O–H groups in total. The quantitative estimate of drug-likeness (QED) is 0.620. The molecule has 1 unspecified atom stereocenters. The maximum atomic E-state index is 13.1. The van der Waals surface area contributed by atoms with E-state index in [9.17, 15) is 9.59 Å². The number of para-hydroxylation sites is 1.